The number of alkyl halides is 4. The predicted molar refractivity (Wildman–Crippen MR) is 185 cm³/mol. The van der Waals surface area contributed by atoms with Crippen molar-refractivity contribution in [1.82, 2.24) is 19.8 Å². The smallest absolute Gasteiger partial charge is 0.417 e. The van der Waals surface area contributed by atoms with Crippen LogP contribution in [0.2, 0.25) is 0 Å². The molecule has 52 heavy (non-hydrogen) atoms. The second-order valence-corrected chi connectivity index (χ2v) is 14.1. The molecule has 4 aliphatic rings. The van der Waals surface area contributed by atoms with Gasteiger partial charge in [-0.2, -0.15) is 28.4 Å². The molecule has 4 fully saturated rings. The van der Waals surface area contributed by atoms with Crippen LogP contribution in [-0.4, -0.2) is 84.5 Å². The van der Waals surface area contributed by atoms with E-state index in [-0.39, 0.29) is 55.6 Å². The number of methoxy groups -OCH3 is 2. The van der Waals surface area contributed by atoms with Gasteiger partial charge in [-0.25, -0.2) is 18.0 Å². The van der Waals surface area contributed by atoms with Gasteiger partial charge in [0, 0.05) is 48.1 Å². The highest BCUT2D eigenvalue weighted by molar-refractivity contribution is 7.23. The van der Waals surface area contributed by atoms with E-state index in [2.05, 4.69) is 24.9 Å². The second-order valence-electron chi connectivity index (χ2n) is 13.0. The Labute approximate surface area is 299 Å². The van der Waals surface area contributed by atoms with Crippen molar-refractivity contribution in [3.8, 4) is 23.2 Å². The van der Waals surface area contributed by atoms with Crippen LogP contribution in [0, 0.1) is 23.0 Å². The van der Waals surface area contributed by atoms with Crippen molar-refractivity contribution in [3.63, 3.8) is 0 Å². The molecule has 5 heterocycles. The van der Waals surface area contributed by atoms with Crippen LogP contribution in [0.5, 0.6) is 6.01 Å². The topological polar surface area (TPSA) is 130 Å². The molecule has 2 atom stereocenters. The molecule has 3 N–H and O–H groups in total. The van der Waals surface area contributed by atoms with Gasteiger partial charge in [-0.3, -0.25) is 4.90 Å². The van der Waals surface area contributed by atoms with E-state index in [0.29, 0.717) is 23.9 Å². The fraction of sp³-hybridized carbons (Fsp3) is 0.486. The van der Waals surface area contributed by atoms with Gasteiger partial charge in [-0.15, -0.1) is 11.3 Å². The van der Waals surface area contributed by atoms with Crippen molar-refractivity contribution >= 4 is 49.2 Å². The number of thiophene rings is 1. The van der Waals surface area contributed by atoms with Crippen LogP contribution in [0.15, 0.2) is 18.2 Å². The summed E-state index contributed by atoms with van der Waals surface area (Å²) in [6.07, 6.45) is 1.47. The third-order valence-electron chi connectivity index (χ3n) is 9.51. The van der Waals surface area contributed by atoms with Crippen LogP contribution in [0.4, 0.5) is 42.0 Å². The summed E-state index contributed by atoms with van der Waals surface area (Å²) >= 11 is 0.705. The first-order chi connectivity index (χ1) is 24.8. The lowest BCUT2D eigenvalue weighted by Gasteiger charge is -2.18. The van der Waals surface area contributed by atoms with Gasteiger partial charge in [0.1, 0.15) is 34.4 Å². The highest BCUT2D eigenvalue weighted by Gasteiger charge is 2.39. The number of ether oxygens (including phenoxy) is 2. The number of likely N-dealkylation sites (tertiary alicyclic amines) is 1. The minimum atomic E-state index is -4.99. The van der Waals surface area contributed by atoms with E-state index in [1.165, 1.54) is 27.1 Å². The molecular formula is C35H37F6N7O3S. The maximum Gasteiger partial charge on any atom is 0.417 e. The minimum absolute atomic E-state index is 0.00331. The molecule has 2 unspecified atom stereocenters. The average Bonchev–Trinajstić information content (AvgIpc) is 3.46. The summed E-state index contributed by atoms with van der Waals surface area (Å²) in [5.74, 6) is -2.07. The lowest BCUT2D eigenvalue weighted by molar-refractivity contribution is -0.137. The van der Waals surface area contributed by atoms with Gasteiger partial charge >= 0.3 is 18.3 Å². The fourth-order valence-electron chi connectivity index (χ4n) is 6.88. The van der Waals surface area contributed by atoms with Gasteiger partial charge in [-0.1, -0.05) is 6.07 Å². The lowest BCUT2D eigenvalue weighted by atomic mass is 9.92. The Hall–Kier alpha value is -4.56. The van der Waals surface area contributed by atoms with Crippen LogP contribution in [0.1, 0.15) is 56.1 Å². The molecule has 3 saturated heterocycles. The summed E-state index contributed by atoms with van der Waals surface area (Å²) in [6.45, 7) is 3.59. The minimum Gasteiger partial charge on any atom is -0.467 e. The first kappa shape index (κ1) is 37.2. The summed E-state index contributed by atoms with van der Waals surface area (Å²) in [7, 11) is 2.67. The number of fused-ring (bicyclic) bond motifs is 3. The fourth-order valence-corrected chi connectivity index (χ4v) is 7.83. The number of nitriles is 1. The molecule has 1 aliphatic carbocycles. The quantitative estimate of drug-likeness (QED) is 0.200. The first-order valence-corrected chi connectivity index (χ1v) is 17.7. The van der Waals surface area contributed by atoms with Gasteiger partial charge in [0.05, 0.1) is 30.0 Å². The number of nitrogens with zero attached hydrogens (tertiary/aromatic N) is 5. The zero-order valence-corrected chi connectivity index (χ0v) is 29.3. The predicted octanol–water partition coefficient (Wildman–Crippen LogP) is 7.89. The number of carbonyl (C=O) groups is 1. The average molecular weight is 750 g/mol. The number of nitrogens with one attached hydrogen (secondary N) is 1. The summed E-state index contributed by atoms with van der Waals surface area (Å²) in [4.78, 5) is 22.8. The number of aromatic nitrogens is 2. The van der Waals surface area contributed by atoms with E-state index in [1.807, 2.05) is 0 Å². The number of benzene rings is 2. The number of halogens is 6. The summed E-state index contributed by atoms with van der Waals surface area (Å²) in [6, 6.07) is 4.85. The second kappa shape index (κ2) is 15.2. The molecule has 10 nitrogen and oxygen atoms in total. The molecule has 4 aromatic rings. The molecule has 0 bridgehead atoms. The Morgan fingerprint density at radius 2 is 1.83 bits per heavy atom. The van der Waals surface area contributed by atoms with Crippen LogP contribution < -0.4 is 15.8 Å². The Balaban J connectivity index is 0.000000208. The van der Waals surface area contributed by atoms with Gasteiger partial charge in [0.15, 0.2) is 5.82 Å². The van der Waals surface area contributed by atoms with Gasteiger partial charge in [-0.05, 0) is 69.2 Å². The number of hydrogen-bond acceptors (Lipinski definition) is 10. The van der Waals surface area contributed by atoms with Crippen LogP contribution in [-0.2, 0) is 10.9 Å². The van der Waals surface area contributed by atoms with Crippen LogP contribution >= 0.6 is 11.3 Å². The SMILES string of the molecule is COC(=O)N1CCCC1.COc1nc(NC2CC2)c2cc(C(F)(F)F)c(-c3ccc(F)c4sc(N)c(C#N)c34)c(F)c2n1.FC1CC2CCCN2C1. The number of anilines is 2. The van der Waals surface area contributed by atoms with E-state index in [4.69, 9.17) is 10.5 Å². The van der Waals surface area contributed by atoms with Gasteiger partial charge < -0.3 is 25.4 Å². The van der Waals surface area contributed by atoms with Crippen molar-refractivity contribution in [2.75, 3.05) is 51.4 Å². The van der Waals surface area contributed by atoms with Gasteiger partial charge in [0.25, 0.3) is 0 Å². The van der Waals surface area contributed by atoms with E-state index in [9.17, 15) is 32.0 Å². The molecule has 1 saturated carbocycles. The molecule has 2 aromatic carbocycles. The van der Waals surface area contributed by atoms with E-state index < -0.39 is 40.6 Å². The summed E-state index contributed by atoms with van der Waals surface area (Å²) in [5, 5.41) is 12.1. The van der Waals surface area contributed by atoms with Crippen LogP contribution in [0.3, 0.4) is 0 Å². The number of amides is 1. The summed E-state index contributed by atoms with van der Waals surface area (Å²) in [5.41, 5.74) is 2.69. The van der Waals surface area contributed by atoms with E-state index in [0.717, 1.165) is 69.9 Å². The molecule has 3 aliphatic heterocycles. The normalized spacial score (nSPS) is 19.8. The Bertz CT molecular complexity index is 2000. The molecule has 2 aromatic heterocycles. The summed E-state index contributed by atoms with van der Waals surface area (Å²) < 4.78 is 95.2. The van der Waals surface area contributed by atoms with Crippen molar-refractivity contribution < 1.29 is 40.6 Å². The standard InChI is InChI=1S/C22H14F5N5OS.C7H12FN.C6H11NO2/c1-33-21-31-17-10(20(32-21)30-8-2-3-8)6-12(22(25,26)27)15(16(17)24)9-4-5-13(23)18-14(9)11(7-28)19(29)34-18;8-6-4-7-2-1-3-9(7)5-6;1-9-6(8)7-4-2-3-5-7/h4-6,8H,2-3,29H2,1H3,(H,30,31,32);6-7H,1-5H2;2-5H2,1H3. The first-order valence-electron chi connectivity index (χ1n) is 16.9. The molecule has 0 radical (unpaired) electrons. The Morgan fingerprint density at radius 1 is 1.10 bits per heavy atom. The zero-order chi connectivity index (χ0) is 37.3. The number of carbonyl (C=O) groups excluding carboxylic acids is 1. The highest BCUT2D eigenvalue weighted by atomic mass is 32.1. The third-order valence-corrected chi connectivity index (χ3v) is 10.5. The Kier molecular flexibility index (Phi) is 10.9. The number of nitrogens with two attached hydrogens (primary N) is 1. The molecule has 278 valence electrons. The molecular weight excluding hydrogens is 712 g/mol. The molecule has 8 rings (SSSR count). The van der Waals surface area contributed by atoms with Crippen molar-refractivity contribution in [2.45, 2.75) is 69.4 Å². The number of hydrogen-bond donors (Lipinski definition) is 2. The van der Waals surface area contributed by atoms with Gasteiger partial charge in [0.2, 0.25) is 0 Å². The number of rotatable bonds is 4. The Morgan fingerprint density at radius 3 is 2.44 bits per heavy atom. The maximum absolute atomic E-state index is 16.0. The molecule has 1 amide bonds. The third kappa shape index (κ3) is 7.63. The van der Waals surface area contributed by atoms with E-state index >= 15 is 4.39 Å². The van der Waals surface area contributed by atoms with Crippen molar-refractivity contribution in [3.05, 3.63) is 41.0 Å². The number of nitrogen functional groups attached to an aromatic ring is 1. The zero-order valence-electron chi connectivity index (χ0n) is 28.5. The van der Waals surface area contributed by atoms with Crippen molar-refractivity contribution in [2.24, 2.45) is 0 Å². The molecule has 17 heteroatoms. The van der Waals surface area contributed by atoms with Crippen molar-refractivity contribution in [1.29, 1.82) is 5.26 Å². The van der Waals surface area contributed by atoms with E-state index in [1.54, 1.807) is 11.0 Å². The molecule has 0 spiro atoms. The van der Waals surface area contributed by atoms with Crippen LogP contribution in [0.25, 0.3) is 32.1 Å². The lowest BCUT2D eigenvalue weighted by Crippen LogP contribution is -2.27. The largest absolute Gasteiger partial charge is 0.467 e. The monoisotopic (exact) mass is 749 g/mol. The maximum atomic E-state index is 16.0. The highest BCUT2D eigenvalue weighted by Crippen LogP contribution is 2.48.